The smallest absolute Gasteiger partial charge is 0.297 e. The van der Waals surface area contributed by atoms with Crippen LogP contribution in [0.25, 0.3) is 0 Å². The van der Waals surface area contributed by atoms with Gasteiger partial charge in [-0.25, -0.2) is 0 Å². The summed E-state index contributed by atoms with van der Waals surface area (Å²) in [7, 11) is -8.25. The Balaban J connectivity index is 1.49. The molecule has 8 nitrogen and oxygen atoms in total. The number of aryl methyl sites for hydroxylation is 2. The van der Waals surface area contributed by atoms with Gasteiger partial charge in [0.05, 0.1) is 36.2 Å². The molecule has 4 rings (SSSR count). The molecule has 0 N–H and O–H groups in total. The number of hydrogen-bond acceptors (Lipinski definition) is 8. The first kappa shape index (κ1) is 33.5. The van der Waals surface area contributed by atoms with E-state index < -0.39 is 32.4 Å². The molecular weight excluding hydrogens is 601 g/mol. The van der Waals surface area contributed by atoms with E-state index in [9.17, 15) is 16.8 Å². The van der Waals surface area contributed by atoms with Crippen LogP contribution >= 0.6 is 0 Å². The van der Waals surface area contributed by atoms with Gasteiger partial charge in [-0.15, -0.1) is 0 Å². The van der Waals surface area contributed by atoms with Crippen molar-refractivity contribution < 1.29 is 34.7 Å². The van der Waals surface area contributed by atoms with Crippen LogP contribution in [-0.4, -0.2) is 42.3 Å². The SMILES string of the molecule is Cc1ccc(S(=O)(=O)O[C@@H](CC[C@@H](COCc2ccccc2)OS(=O)(=O)c2ccc(C)cc2)COCc2ccccc2)cc1. The first-order valence-electron chi connectivity index (χ1n) is 14.3. The summed E-state index contributed by atoms with van der Waals surface area (Å²) in [6.45, 7) is 4.16. The second kappa shape index (κ2) is 16.1. The van der Waals surface area contributed by atoms with Gasteiger partial charge < -0.3 is 9.47 Å². The van der Waals surface area contributed by atoms with Gasteiger partial charge in [0.25, 0.3) is 20.2 Å². The van der Waals surface area contributed by atoms with E-state index in [1.54, 1.807) is 24.3 Å². The van der Waals surface area contributed by atoms with Gasteiger partial charge in [0.15, 0.2) is 0 Å². The average molecular weight is 639 g/mol. The van der Waals surface area contributed by atoms with E-state index in [0.29, 0.717) is 0 Å². The third-order valence-electron chi connectivity index (χ3n) is 6.79. The van der Waals surface area contributed by atoms with Crippen molar-refractivity contribution in [2.45, 2.75) is 61.9 Å². The molecule has 0 bridgehead atoms. The fraction of sp³-hybridized carbons (Fsp3) is 0.294. The molecule has 0 fully saturated rings. The van der Waals surface area contributed by atoms with Crippen molar-refractivity contribution in [3.8, 4) is 0 Å². The molecule has 0 saturated carbocycles. The maximum Gasteiger partial charge on any atom is 0.297 e. The van der Waals surface area contributed by atoms with Crippen molar-refractivity contribution in [3.05, 3.63) is 131 Å². The predicted molar refractivity (Wildman–Crippen MR) is 168 cm³/mol. The molecule has 2 atom stereocenters. The minimum Gasteiger partial charge on any atom is -0.374 e. The van der Waals surface area contributed by atoms with Crippen molar-refractivity contribution in [2.24, 2.45) is 0 Å². The number of ether oxygens (including phenoxy) is 2. The van der Waals surface area contributed by atoms with Crippen molar-refractivity contribution >= 4 is 20.2 Å². The molecule has 0 radical (unpaired) electrons. The predicted octanol–water partition coefficient (Wildman–Crippen LogP) is 6.37. The minimum absolute atomic E-state index is 0.0251. The van der Waals surface area contributed by atoms with E-state index in [1.165, 1.54) is 24.3 Å². The van der Waals surface area contributed by atoms with Crippen LogP contribution in [0.2, 0.25) is 0 Å². The maximum absolute atomic E-state index is 13.2. The third kappa shape index (κ3) is 10.7. The van der Waals surface area contributed by atoms with Crippen LogP contribution in [0.15, 0.2) is 119 Å². The summed E-state index contributed by atoms with van der Waals surface area (Å²) in [5.74, 6) is 0. The molecule has 234 valence electrons. The summed E-state index contributed by atoms with van der Waals surface area (Å²) in [6, 6.07) is 31.7. The summed E-state index contributed by atoms with van der Waals surface area (Å²) in [5.41, 5.74) is 3.67. The largest absolute Gasteiger partial charge is 0.374 e. The van der Waals surface area contributed by atoms with Gasteiger partial charge in [-0.05, 0) is 62.1 Å². The Morgan fingerprint density at radius 1 is 0.500 bits per heavy atom. The molecule has 0 aliphatic carbocycles. The molecule has 0 amide bonds. The topological polar surface area (TPSA) is 105 Å². The minimum atomic E-state index is -4.12. The summed E-state index contributed by atoms with van der Waals surface area (Å²) in [6.07, 6.45) is -1.56. The summed E-state index contributed by atoms with van der Waals surface area (Å²) in [4.78, 5) is 0.0502. The Morgan fingerprint density at radius 2 is 0.841 bits per heavy atom. The molecule has 0 spiro atoms. The zero-order chi connectivity index (χ0) is 31.4. The molecule has 0 unspecified atom stereocenters. The van der Waals surface area contributed by atoms with Crippen LogP contribution in [0, 0.1) is 13.8 Å². The van der Waals surface area contributed by atoms with Crippen molar-refractivity contribution in [3.63, 3.8) is 0 Å². The summed E-state index contributed by atoms with van der Waals surface area (Å²) in [5, 5.41) is 0. The van der Waals surface area contributed by atoms with Gasteiger partial charge >= 0.3 is 0 Å². The maximum atomic E-state index is 13.2. The Morgan fingerprint density at radius 3 is 1.18 bits per heavy atom. The zero-order valence-corrected chi connectivity index (χ0v) is 26.5. The first-order valence-corrected chi connectivity index (χ1v) is 17.2. The number of rotatable bonds is 17. The molecule has 0 aliphatic heterocycles. The van der Waals surface area contributed by atoms with Crippen LogP contribution < -0.4 is 0 Å². The number of benzene rings is 4. The average Bonchev–Trinajstić information content (AvgIpc) is 3.01. The van der Waals surface area contributed by atoms with E-state index >= 15 is 0 Å². The summed E-state index contributed by atoms with van der Waals surface area (Å²) >= 11 is 0. The summed E-state index contributed by atoms with van der Waals surface area (Å²) < 4.78 is 75.7. The van der Waals surface area contributed by atoms with Crippen molar-refractivity contribution in [2.75, 3.05) is 13.2 Å². The first-order chi connectivity index (χ1) is 21.1. The molecule has 44 heavy (non-hydrogen) atoms. The van der Waals surface area contributed by atoms with Crippen LogP contribution in [-0.2, 0) is 51.3 Å². The quantitative estimate of drug-likeness (QED) is 0.123. The Kier molecular flexibility index (Phi) is 12.2. The molecular formula is C34H38O8S2. The lowest BCUT2D eigenvalue weighted by atomic mass is 10.1. The Labute approximate surface area is 260 Å². The molecule has 0 aromatic heterocycles. The van der Waals surface area contributed by atoms with Crippen LogP contribution in [0.4, 0.5) is 0 Å². The van der Waals surface area contributed by atoms with E-state index in [2.05, 4.69) is 0 Å². The van der Waals surface area contributed by atoms with Gasteiger partial charge in [0, 0.05) is 0 Å². The molecule has 0 heterocycles. The van der Waals surface area contributed by atoms with E-state index in [-0.39, 0.29) is 49.1 Å². The van der Waals surface area contributed by atoms with E-state index in [0.717, 1.165) is 22.3 Å². The molecule has 4 aromatic rings. The Hall–Kier alpha value is -3.38. The molecule has 0 aliphatic rings. The Bertz CT molecular complexity index is 1510. The third-order valence-corrected chi connectivity index (χ3v) is 9.54. The van der Waals surface area contributed by atoms with Gasteiger partial charge in [-0.3, -0.25) is 8.37 Å². The van der Waals surface area contributed by atoms with Gasteiger partial charge in [0.1, 0.15) is 12.2 Å². The van der Waals surface area contributed by atoms with E-state index in [4.69, 9.17) is 17.8 Å². The molecule has 10 heteroatoms. The van der Waals surface area contributed by atoms with Crippen molar-refractivity contribution in [1.82, 2.24) is 0 Å². The monoisotopic (exact) mass is 638 g/mol. The molecule has 4 aromatic carbocycles. The van der Waals surface area contributed by atoms with Crippen molar-refractivity contribution in [1.29, 1.82) is 0 Å². The second-order valence-corrected chi connectivity index (χ2v) is 13.7. The highest BCUT2D eigenvalue weighted by atomic mass is 32.2. The molecule has 0 saturated heterocycles. The van der Waals surface area contributed by atoms with Gasteiger partial charge in [-0.1, -0.05) is 96.1 Å². The lowest BCUT2D eigenvalue weighted by Crippen LogP contribution is -2.29. The van der Waals surface area contributed by atoms with Gasteiger partial charge in [-0.2, -0.15) is 16.8 Å². The van der Waals surface area contributed by atoms with Crippen LogP contribution in [0.5, 0.6) is 0 Å². The van der Waals surface area contributed by atoms with Crippen LogP contribution in [0.3, 0.4) is 0 Å². The highest BCUT2D eigenvalue weighted by molar-refractivity contribution is 7.87. The van der Waals surface area contributed by atoms with Gasteiger partial charge in [0.2, 0.25) is 0 Å². The lowest BCUT2D eigenvalue weighted by Gasteiger charge is -2.22. The number of hydrogen-bond donors (Lipinski definition) is 0. The standard InChI is InChI=1S/C34H38O8S2/c1-27-13-19-33(20-14-27)43(35,36)41-31(25-39-23-29-9-5-3-6-10-29)17-18-32(26-40-24-30-11-7-4-8-12-30)42-44(37,38)34-21-15-28(2)16-22-34/h3-16,19-22,31-32H,17-18,23-26H2,1-2H3/t31-,32-/m0/s1. The van der Waals surface area contributed by atoms with E-state index in [1.807, 2.05) is 74.5 Å². The highest BCUT2D eigenvalue weighted by Crippen LogP contribution is 2.22. The lowest BCUT2D eigenvalue weighted by molar-refractivity contribution is 0.0155. The zero-order valence-electron chi connectivity index (χ0n) is 24.9. The fourth-order valence-electron chi connectivity index (χ4n) is 4.33. The van der Waals surface area contributed by atoms with Crippen LogP contribution in [0.1, 0.15) is 35.1 Å². The highest BCUT2D eigenvalue weighted by Gasteiger charge is 2.27. The fourth-order valence-corrected chi connectivity index (χ4v) is 6.52. The normalized spacial score (nSPS) is 13.4. The second-order valence-electron chi connectivity index (χ2n) is 10.5.